The Morgan fingerprint density at radius 3 is 2.80 bits per heavy atom. The Labute approximate surface area is 176 Å². The van der Waals surface area contributed by atoms with Crippen molar-refractivity contribution in [3.63, 3.8) is 0 Å². The van der Waals surface area contributed by atoms with Gasteiger partial charge in [-0.15, -0.1) is 10.2 Å². The summed E-state index contributed by atoms with van der Waals surface area (Å²) in [6.45, 7) is 4.09. The highest BCUT2D eigenvalue weighted by molar-refractivity contribution is 7.98. The highest BCUT2D eigenvalue weighted by Gasteiger charge is 2.13. The number of fused-ring (bicyclic) bond motifs is 1. The minimum Gasteiger partial charge on any atom is -0.465 e. The molecule has 2 aromatic carbocycles. The van der Waals surface area contributed by atoms with Crippen LogP contribution >= 0.6 is 11.8 Å². The summed E-state index contributed by atoms with van der Waals surface area (Å²) in [5.41, 5.74) is 3.81. The molecule has 0 aliphatic heterocycles. The first-order valence-corrected chi connectivity index (χ1v) is 10.2. The molecule has 9 heteroatoms. The van der Waals surface area contributed by atoms with E-state index in [4.69, 9.17) is 4.74 Å². The van der Waals surface area contributed by atoms with E-state index in [2.05, 4.69) is 26.2 Å². The lowest BCUT2D eigenvalue weighted by atomic mass is 10.1. The first kappa shape index (κ1) is 19.8. The fraction of sp³-hybridized carbons (Fsp3) is 0.190. The van der Waals surface area contributed by atoms with Gasteiger partial charge in [0.25, 0.3) is 5.56 Å². The van der Waals surface area contributed by atoms with Crippen LogP contribution in [-0.4, -0.2) is 37.8 Å². The third kappa shape index (κ3) is 3.84. The minimum absolute atomic E-state index is 0.261. The molecule has 0 radical (unpaired) electrons. The van der Waals surface area contributed by atoms with Gasteiger partial charge in [0.2, 0.25) is 0 Å². The third-order valence-corrected chi connectivity index (χ3v) is 5.60. The molecule has 0 unspecified atom stereocenters. The summed E-state index contributed by atoms with van der Waals surface area (Å²) in [7, 11) is 1.31. The number of carbonyl (C=O) groups excluding carboxylic acids is 1. The number of thioether (sulfide) groups is 1. The Morgan fingerprint density at radius 1 is 1.20 bits per heavy atom. The molecule has 0 saturated heterocycles. The van der Waals surface area contributed by atoms with Crippen LogP contribution in [-0.2, 0) is 10.5 Å². The van der Waals surface area contributed by atoms with Crippen LogP contribution in [0.3, 0.4) is 0 Å². The second kappa shape index (κ2) is 8.11. The number of hydrogen-bond acceptors (Lipinski definition) is 7. The number of nitrogens with one attached hydrogen (secondary N) is 1. The molecular weight excluding hydrogens is 402 g/mol. The van der Waals surface area contributed by atoms with Gasteiger partial charge in [0.1, 0.15) is 12.2 Å². The molecule has 2 heterocycles. The summed E-state index contributed by atoms with van der Waals surface area (Å²) >= 11 is 1.41. The lowest BCUT2D eigenvalue weighted by Gasteiger charge is -2.10. The smallest absolute Gasteiger partial charge is 0.337 e. The van der Waals surface area contributed by atoms with E-state index < -0.39 is 5.97 Å². The number of carbonyl (C=O) groups is 1. The van der Waals surface area contributed by atoms with Crippen molar-refractivity contribution in [2.24, 2.45) is 0 Å². The number of rotatable bonds is 5. The summed E-state index contributed by atoms with van der Waals surface area (Å²) in [6, 6.07) is 10.8. The van der Waals surface area contributed by atoms with E-state index in [1.165, 1.54) is 24.4 Å². The van der Waals surface area contributed by atoms with Gasteiger partial charge in [0.05, 0.1) is 35.0 Å². The molecule has 2 aromatic heterocycles. The Bertz CT molecular complexity index is 1310. The lowest BCUT2D eigenvalue weighted by Crippen LogP contribution is -2.12. The maximum atomic E-state index is 12.4. The van der Waals surface area contributed by atoms with Crippen molar-refractivity contribution in [1.82, 2.24) is 24.7 Å². The molecule has 0 saturated carbocycles. The second-order valence-electron chi connectivity index (χ2n) is 6.80. The predicted molar refractivity (Wildman–Crippen MR) is 114 cm³/mol. The number of aryl methyl sites for hydroxylation is 2. The second-order valence-corrected chi connectivity index (χ2v) is 7.74. The van der Waals surface area contributed by atoms with Crippen LogP contribution in [0.4, 0.5) is 0 Å². The molecule has 0 fully saturated rings. The van der Waals surface area contributed by atoms with Gasteiger partial charge in [-0.3, -0.25) is 9.36 Å². The van der Waals surface area contributed by atoms with Crippen molar-refractivity contribution in [3.8, 4) is 5.69 Å². The average Bonchev–Trinajstić information content (AvgIpc) is 3.19. The molecule has 0 atom stereocenters. The SMILES string of the molecule is COC(=O)c1ccc2c(=O)[nH]c(CSc3nncn3-c3ccc(C)cc3C)nc2c1. The van der Waals surface area contributed by atoms with Gasteiger partial charge in [-0.2, -0.15) is 0 Å². The highest BCUT2D eigenvalue weighted by atomic mass is 32.2. The minimum atomic E-state index is -0.475. The largest absolute Gasteiger partial charge is 0.465 e. The number of esters is 1. The lowest BCUT2D eigenvalue weighted by molar-refractivity contribution is 0.0601. The normalized spacial score (nSPS) is 11.0. The first-order valence-electron chi connectivity index (χ1n) is 9.18. The summed E-state index contributed by atoms with van der Waals surface area (Å²) in [5, 5.41) is 9.33. The summed E-state index contributed by atoms with van der Waals surface area (Å²) in [4.78, 5) is 31.5. The van der Waals surface area contributed by atoms with Gasteiger partial charge < -0.3 is 9.72 Å². The summed E-state index contributed by atoms with van der Waals surface area (Å²) in [6.07, 6.45) is 1.67. The third-order valence-electron chi connectivity index (χ3n) is 4.64. The number of benzene rings is 2. The Balaban J connectivity index is 1.62. The molecule has 30 heavy (non-hydrogen) atoms. The van der Waals surface area contributed by atoms with Crippen LogP contribution < -0.4 is 5.56 Å². The number of methoxy groups -OCH3 is 1. The van der Waals surface area contributed by atoms with Crippen LogP contribution in [0, 0.1) is 13.8 Å². The fourth-order valence-electron chi connectivity index (χ4n) is 3.20. The van der Waals surface area contributed by atoms with E-state index in [1.54, 1.807) is 24.5 Å². The van der Waals surface area contributed by atoms with Crippen LogP contribution in [0.1, 0.15) is 27.3 Å². The predicted octanol–water partition coefficient (Wildman–Crippen LogP) is 3.20. The van der Waals surface area contributed by atoms with Gasteiger partial charge in [-0.1, -0.05) is 29.5 Å². The molecule has 0 bridgehead atoms. The van der Waals surface area contributed by atoms with Crippen molar-refractivity contribution in [2.75, 3.05) is 7.11 Å². The van der Waals surface area contributed by atoms with Crippen LogP contribution in [0.2, 0.25) is 0 Å². The monoisotopic (exact) mass is 421 g/mol. The van der Waals surface area contributed by atoms with E-state index in [9.17, 15) is 9.59 Å². The summed E-state index contributed by atoms with van der Waals surface area (Å²) in [5.74, 6) is 0.392. The zero-order chi connectivity index (χ0) is 21.3. The van der Waals surface area contributed by atoms with Crippen molar-refractivity contribution < 1.29 is 9.53 Å². The quantitative estimate of drug-likeness (QED) is 0.390. The van der Waals surface area contributed by atoms with Gasteiger partial charge in [-0.25, -0.2) is 9.78 Å². The fourth-order valence-corrected chi connectivity index (χ4v) is 3.99. The standard InChI is InChI=1S/C21H19N5O3S/c1-12-4-7-17(13(2)8-12)26-11-22-25-21(26)30-10-18-23-16-9-14(20(28)29-3)5-6-15(16)19(27)24-18/h4-9,11H,10H2,1-3H3,(H,23,24,27). The zero-order valence-electron chi connectivity index (χ0n) is 16.7. The Hall–Kier alpha value is -3.46. The maximum absolute atomic E-state index is 12.4. The number of H-pyrrole nitrogens is 1. The van der Waals surface area contributed by atoms with Gasteiger partial charge in [-0.05, 0) is 43.7 Å². The molecule has 1 N–H and O–H groups in total. The van der Waals surface area contributed by atoms with Crippen molar-refractivity contribution in [2.45, 2.75) is 24.8 Å². The highest BCUT2D eigenvalue weighted by Crippen LogP contribution is 2.24. The molecule has 152 valence electrons. The Morgan fingerprint density at radius 2 is 2.03 bits per heavy atom. The van der Waals surface area contributed by atoms with Gasteiger partial charge >= 0.3 is 5.97 Å². The van der Waals surface area contributed by atoms with Gasteiger partial charge in [0.15, 0.2) is 5.16 Å². The van der Waals surface area contributed by atoms with E-state index >= 15 is 0 Å². The Kier molecular flexibility index (Phi) is 5.37. The molecule has 0 spiro atoms. The van der Waals surface area contributed by atoms with Crippen LogP contribution in [0.5, 0.6) is 0 Å². The zero-order valence-corrected chi connectivity index (χ0v) is 17.5. The first-order chi connectivity index (χ1) is 14.5. The molecule has 8 nitrogen and oxygen atoms in total. The van der Waals surface area contributed by atoms with Crippen LogP contribution in [0.15, 0.2) is 52.7 Å². The van der Waals surface area contributed by atoms with Crippen molar-refractivity contribution in [3.05, 3.63) is 75.6 Å². The number of nitrogens with zero attached hydrogens (tertiary/aromatic N) is 4. The van der Waals surface area contributed by atoms with E-state index in [0.717, 1.165) is 11.3 Å². The van der Waals surface area contributed by atoms with E-state index in [-0.39, 0.29) is 5.56 Å². The average molecular weight is 421 g/mol. The molecule has 0 aliphatic carbocycles. The topological polar surface area (TPSA) is 103 Å². The maximum Gasteiger partial charge on any atom is 0.337 e. The van der Waals surface area contributed by atoms with Crippen molar-refractivity contribution >= 4 is 28.6 Å². The molecular formula is C21H19N5O3S. The van der Waals surface area contributed by atoms with E-state index in [0.29, 0.717) is 33.2 Å². The van der Waals surface area contributed by atoms with Gasteiger partial charge in [0, 0.05) is 0 Å². The molecule has 4 aromatic rings. The number of aromatic amines is 1. The summed E-state index contributed by atoms with van der Waals surface area (Å²) < 4.78 is 6.65. The number of aromatic nitrogens is 5. The molecule has 0 amide bonds. The molecule has 4 rings (SSSR count). The number of hydrogen-bond donors (Lipinski definition) is 1. The van der Waals surface area contributed by atoms with E-state index in [1.807, 2.05) is 30.5 Å². The molecule has 0 aliphatic rings. The van der Waals surface area contributed by atoms with Crippen LogP contribution in [0.25, 0.3) is 16.6 Å². The number of ether oxygens (including phenoxy) is 1. The van der Waals surface area contributed by atoms with Crippen molar-refractivity contribution in [1.29, 1.82) is 0 Å².